The summed E-state index contributed by atoms with van der Waals surface area (Å²) in [4.78, 5) is 22.0. The first kappa shape index (κ1) is 19.6. The molecule has 0 aliphatic carbocycles. The van der Waals surface area contributed by atoms with Crippen LogP contribution in [-0.2, 0) is 19.7 Å². The molecule has 132 valence electrons. The predicted molar refractivity (Wildman–Crippen MR) is 83.0 cm³/mol. The second-order valence-corrected chi connectivity index (χ2v) is 6.09. The number of benzene rings is 1. The third-order valence-electron chi connectivity index (χ3n) is 2.62. The number of carboxylic acids is 1. The van der Waals surface area contributed by atoms with Crippen LogP contribution in [0.15, 0.2) is 36.2 Å². The SMILES string of the molecule is O=C(O)CCCOc1ccccc1NC(=O)C(F)=CCS(=O)(=O)O. The van der Waals surface area contributed by atoms with Crippen LogP contribution in [0.3, 0.4) is 0 Å². The van der Waals surface area contributed by atoms with Crippen LogP contribution < -0.4 is 10.1 Å². The number of carbonyl (C=O) groups is 2. The minimum atomic E-state index is -4.42. The number of amides is 1. The smallest absolute Gasteiger partial charge is 0.303 e. The number of hydrogen-bond acceptors (Lipinski definition) is 5. The van der Waals surface area contributed by atoms with Crippen LogP contribution in [0.4, 0.5) is 10.1 Å². The van der Waals surface area contributed by atoms with Gasteiger partial charge in [0.05, 0.1) is 18.0 Å². The Bertz CT molecular complexity index is 730. The van der Waals surface area contributed by atoms with Gasteiger partial charge in [0.15, 0.2) is 5.83 Å². The van der Waals surface area contributed by atoms with Crippen molar-refractivity contribution in [3.8, 4) is 5.75 Å². The van der Waals surface area contributed by atoms with Gasteiger partial charge in [0.1, 0.15) is 5.75 Å². The molecule has 1 aromatic carbocycles. The molecule has 0 aromatic heterocycles. The maximum atomic E-state index is 13.5. The van der Waals surface area contributed by atoms with Gasteiger partial charge in [-0.05, 0) is 24.6 Å². The van der Waals surface area contributed by atoms with Crippen molar-refractivity contribution < 1.29 is 36.8 Å². The summed E-state index contributed by atoms with van der Waals surface area (Å²) in [7, 11) is -4.42. The van der Waals surface area contributed by atoms with Crippen molar-refractivity contribution in [2.75, 3.05) is 17.7 Å². The average Bonchev–Trinajstić information content (AvgIpc) is 2.49. The highest BCUT2D eigenvalue weighted by molar-refractivity contribution is 7.85. The molecule has 1 rings (SSSR count). The van der Waals surface area contributed by atoms with Gasteiger partial charge in [-0.25, -0.2) is 4.39 Å². The van der Waals surface area contributed by atoms with Crippen molar-refractivity contribution in [3.63, 3.8) is 0 Å². The summed E-state index contributed by atoms with van der Waals surface area (Å²) >= 11 is 0. The zero-order valence-corrected chi connectivity index (χ0v) is 13.3. The minimum absolute atomic E-state index is 0.0818. The zero-order valence-electron chi connectivity index (χ0n) is 12.4. The molecule has 8 nitrogen and oxygen atoms in total. The van der Waals surface area contributed by atoms with E-state index in [2.05, 4.69) is 5.32 Å². The van der Waals surface area contributed by atoms with Gasteiger partial charge >= 0.3 is 5.97 Å². The molecule has 0 spiro atoms. The molecule has 24 heavy (non-hydrogen) atoms. The summed E-state index contributed by atoms with van der Waals surface area (Å²) in [5, 5.41) is 10.7. The first-order valence-electron chi connectivity index (χ1n) is 6.75. The van der Waals surface area contributed by atoms with Crippen molar-refractivity contribution in [1.29, 1.82) is 0 Å². The number of anilines is 1. The molecule has 0 aliphatic rings. The molecule has 3 N–H and O–H groups in total. The Balaban J connectivity index is 2.70. The Hall–Kier alpha value is -2.46. The number of nitrogens with one attached hydrogen (secondary N) is 1. The summed E-state index contributed by atoms with van der Waals surface area (Å²) in [5.41, 5.74) is 0.133. The highest BCUT2D eigenvalue weighted by Crippen LogP contribution is 2.24. The standard InChI is InChI=1S/C14H16FNO7S/c15-10(7-9-24(20,21)22)14(19)16-11-4-1-2-5-12(11)23-8-3-6-13(17)18/h1-2,4-5,7H,3,6,8-9H2,(H,16,19)(H,17,18)(H,20,21,22). The van der Waals surface area contributed by atoms with Crippen molar-refractivity contribution >= 4 is 27.7 Å². The Morgan fingerprint density at radius 2 is 1.96 bits per heavy atom. The van der Waals surface area contributed by atoms with Gasteiger partial charge in [0.2, 0.25) is 0 Å². The number of halogens is 1. The molecular weight excluding hydrogens is 345 g/mol. The normalized spacial score (nSPS) is 11.8. The van der Waals surface area contributed by atoms with E-state index >= 15 is 0 Å². The second kappa shape index (κ2) is 8.99. The van der Waals surface area contributed by atoms with E-state index < -0.39 is 33.6 Å². The number of carbonyl (C=O) groups excluding carboxylic acids is 1. The monoisotopic (exact) mass is 361 g/mol. The lowest BCUT2D eigenvalue weighted by atomic mass is 10.2. The van der Waals surface area contributed by atoms with Crippen molar-refractivity contribution in [2.24, 2.45) is 0 Å². The maximum absolute atomic E-state index is 13.5. The Morgan fingerprint density at radius 3 is 2.58 bits per heavy atom. The summed E-state index contributed by atoms with van der Waals surface area (Å²) in [6.07, 6.45) is 0.600. The number of carboxylic acid groups (broad SMARTS) is 1. The van der Waals surface area contributed by atoms with E-state index in [1.165, 1.54) is 12.1 Å². The third-order valence-corrected chi connectivity index (χ3v) is 3.21. The summed E-state index contributed by atoms with van der Waals surface area (Å²) in [5.74, 6) is -4.38. The quantitative estimate of drug-likeness (QED) is 0.346. The fourth-order valence-electron chi connectivity index (χ4n) is 1.55. The largest absolute Gasteiger partial charge is 0.491 e. The minimum Gasteiger partial charge on any atom is -0.491 e. The van der Waals surface area contributed by atoms with Gasteiger partial charge in [-0.15, -0.1) is 0 Å². The topological polar surface area (TPSA) is 130 Å². The molecule has 1 aromatic rings. The van der Waals surface area contributed by atoms with E-state index in [-0.39, 0.29) is 30.9 Å². The van der Waals surface area contributed by atoms with E-state index in [4.69, 9.17) is 14.4 Å². The van der Waals surface area contributed by atoms with E-state index in [9.17, 15) is 22.4 Å². The molecule has 0 bridgehead atoms. The Kier molecular flexibility index (Phi) is 7.33. The molecule has 0 saturated carbocycles. The molecule has 10 heteroatoms. The number of para-hydroxylation sites is 2. The van der Waals surface area contributed by atoms with E-state index in [0.29, 0.717) is 6.08 Å². The van der Waals surface area contributed by atoms with Gasteiger partial charge in [0.25, 0.3) is 16.0 Å². The van der Waals surface area contributed by atoms with Crippen molar-refractivity contribution in [1.82, 2.24) is 0 Å². The van der Waals surface area contributed by atoms with Crippen LogP contribution in [0.1, 0.15) is 12.8 Å². The zero-order chi connectivity index (χ0) is 18.2. The molecular formula is C14H16FNO7S. The van der Waals surface area contributed by atoms with Crippen molar-refractivity contribution in [2.45, 2.75) is 12.8 Å². The highest BCUT2D eigenvalue weighted by Gasteiger charge is 2.13. The molecule has 1 amide bonds. The maximum Gasteiger partial charge on any atom is 0.303 e. The van der Waals surface area contributed by atoms with Crippen LogP contribution in [-0.4, -0.2) is 42.3 Å². The van der Waals surface area contributed by atoms with Crippen LogP contribution in [0.5, 0.6) is 5.75 Å². The highest BCUT2D eigenvalue weighted by atomic mass is 32.2. The van der Waals surface area contributed by atoms with Crippen LogP contribution in [0.2, 0.25) is 0 Å². The van der Waals surface area contributed by atoms with Crippen LogP contribution >= 0.6 is 0 Å². The predicted octanol–water partition coefficient (Wildman–Crippen LogP) is 1.61. The molecule has 0 radical (unpaired) electrons. The molecule has 0 saturated heterocycles. The summed E-state index contributed by atoms with van der Waals surface area (Å²) in [6.45, 7) is 0.0836. The fourth-order valence-corrected chi connectivity index (χ4v) is 1.91. The second-order valence-electron chi connectivity index (χ2n) is 4.60. The van der Waals surface area contributed by atoms with Gasteiger partial charge in [0, 0.05) is 6.42 Å². The molecule has 0 unspecified atom stereocenters. The first-order valence-corrected chi connectivity index (χ1v) is 8.36. The van der Waals surface area contributed by atoms with Gasteiger partial charge in [-0.3, -0.25) is 14.1 Å². The van der Waals surface area contributed by atoms with Crippen LogP contribution in [0.25, 0.3) is 0 Å². The first-order chi connectivity index (χ1) is 11.2. The number of aliphatic carboxylic acids is 1. The molecule has 0 atom stereocenters. The summed E-state index contributed by atoms with van der Waals surface area (Å²) < 4.78 is 48.4. The Morgan fingerprint density at radius 1 is 1.29 bits per heavy atom. The fraction of sp³-hybridized carbons (Fsp3) is 0.286. The molecule has 0 fully saturated rings. The van der Waals surface area contributed by atoms with E-state index in [1.807, 2.05) is 0 Å². The van der Waals surface area contributed by atoms with Crippen molar-refractivity contribution in [3.05, 3.63) is 36.2 Å². The van der Waals surface area contributed by atoms with Crippen LogP contribution in [0, 0.1) is 0 Å². The average molecular weight is 361 g/mol. The van der Waals surface area contributed by atoms with E-state index in [0.717, 1.165) is 0 Å². The molecule has 0 heterocycles. The number of hydrogen-bond donors (Lipinski definition) is 3. The Labute approximate surface area is 137 Å². The lowest BCUT2D eigenvalue weighted by Gasteiger charge is -2.11. The van der Waals surface area contributed by atoms with E-state index in [1.54, 1.807) is 12.1 Å². The number of ether oxygens (including phenoxy) is 1. The van der Waals surface area contributed by atoms with Gasteiger partial charge < -0.3 is 15.2 Å². The summed E-state index contributed by atoms with van der Waals surface area (Å²) in [6, 6.07) is 6.09. The lowest BCUT2D eigenvalue weighted by Crippen LogP contribution is -2.14. The molecule has 0 aliphatic heterocycles. The van der Waals surface area contributed by atoms with Gasteiger partial charge in [-0.1, -0.05) is 12.1 Å². The number of rotatable bonds is 9. The lowest BCUT2D eigenvalue weighted by molar-refractivity contribution is -0.137. The third kappa shape index (κ3) is 7.70. The van der Waals surface area contributed by atoms with Gasteiger partial charge in [-0.2, -0.15) is 8.42 Å².